The minimum absolute atomic E-state index is 0.220. The van der Waals surface area contributed by atoms with Gasteiger partial charge in [0.25, 0.3) is 0 Å². The van der Waals surface area contributed by atoms with Crippen molar-refractivity contribution in [2.45, 2.75) is 84.0 Å². The highest BCUT2D eigenvalue weighted by Gasteiger charge is 2.52. The molecular formula is C24H37BN2O4. The van der Waals surface area contributed by atoms with Crippen molar-refractivity contribution in [2.24, 2.45) is 0 Å². The van der Waals surface area contributed by atoms with Gasteiger partial charge in [0.05, 0.1) is 11.2 Å². The van der Waals surface area contributed by atoms with Crippen molar-refractivity contribution in [1.29, 1.82) is 0 Å². The molecule has 2 saturated heterocycles. The molecule has 6 nitrogen and oxygen atoms in total. The predicted octanol–water partition coefficient (Wildman–Crippen LogP) is 3.92. The number of anilines is 1. The largest absolute Gasteiger partial charge is 0.495 e. The molecule has 0 radical (unpaired) electrons. The van der Waals surface area contributed by atoms with Crippen LogP contribution >= 0.6 is 0 Å². The summed E-state index contributed by atoms with van der Waals surface area (Å²) in [5.74, 6) is 0.594. The smallest absolute Gasteiger partial charge is 0.444 e. The van der Waals surface area contributed by atoms with E-state index in [2.05, 4.69) is 50.8 Å². The van der Waals surface area contributed by atoms with Crippen molar-refractivity contribution in [1.82, 2.24) is 4.90 Å². The average molecular weight is 428 g/mol. The van der Waals surface area contributed by atoms with E-state index in [0.29, 0.717) is 19.0 Å². The summed E-state index contributed by atoms with van der Waals surface area (Å²) in [4.78, 5) is 16.5. The number of hydrogen-bond donors (Lipinski definition) is 0. The standard InChI is InChI=1S/C24H37BN2O4/c1-22(2,3)29-21(28)27-14-12-26(13-15-27)18-10-11-20(19(16-18)17-8-9-17)25-30-23(4,5)24(6,7)31-25/h10-11,16-17H,8-9,12-15H2,1-7H3. The Balaban J connectivity index is 1.47. The molecule has 0 atom stereocenters. The van der Waals surface area contributed by atoms with Crippen molar-refractivity contribution in [3.05, 3.63) is 23.8 Å². The number of nitrogens with zero attached hydrogens (tertiary/aromatic N) is 2. The van der Waals surface area contributed by atoms with E-state index >= 15 is 0 Å². The molecule has 2 heterocycles. The number of rotatable bonds is 3. The normalized spacial score (nSPS) is 23.3. The summed E-state index contributed by atoms with van der Waals surface area (Å²) in [5.41, 5.74) is 2.59. The third-order valence-electron chi connectivity index (χ3n) is 6.89. The molecular weight excluding hydrogens is 391 g/mol. The van der Waals surface area contributed by atoms with E-state index in [9.17, 15) is 4.79 Å². The first-order chi connectivity index (χ1) is 14.4. The van der Waals surface area contributed by atoms with Crippen LogP contribution in [0.2, 0.25) is 0 Å². The van der Waals surface area contributed by atoms with Crippen LogP contribution in [0.5, 0.6) is 0 Å². The van der Waals surface area contributed by atoms with Crippen LogP contribution < -0.4 is 10.4 Å². The molecule has 0 spiro atoms. The monoisotopic (exact) mass is 428 g/mol. The topological polar surface area (TPSA) is 51.2 Å². The van der Waals surface area contributed by atoms with E-state index in [0.717, 1.165) is 18.6 Å². The Labute approximate surface area is 187 Å². The molecule has 1 aromatic rings. The van der Waals surface area contributed by atoms with E-state index < -0.39 is 5.60 Å². The third kappa shape index (κ3) is 4.72. The van der Waals surface area contributed by atoms with Gasteiger partial charge in [-0.3, -0.25) is 0 Å². The summed E-state index contributed by atoms with van der Waals surface area (Å²) in [6, 6.07) is 6.68. The van der Waals surface area contributed by atoms with Gasteiger partial charge < -0.3 is 23.8 Å². The second kappa shape index (κ2) is 7.70. The summed E-state index contributed by atoms with van der Waals surface area (Å²) in [6.45, 7) is 17.1. The SMILES string of the molecule is CC(C)(C)OC(=O)N1CCN(c2ccc(B3OC(C)(C)C(C)(C)O3)c(C3CC3)c2)CC1. The van der Waals surface area contributed by atoms with Crippen LogP contribution in [-0.4, -0.2) is 61.1 Å². The van der Waals surface area contributed by atoms with Gasteiger partial charge in [0, 0.05) is 31.9 Å². The van der Waals surface area contributed by atoms with Gasteiger partial charge in [0.2, 0.25) is 0 Å². The average Bonchev–Trinajstić information content (AvgIpc) is 3.47. The van der Waals surface area contributed by atoms with Crippen LogP contribution in [0, 0.1) is 0 Å². The van der Waals surface area contributed by atoms with Crippen LogP contribution in [0.1, 0.15) is 72.8 Å². The van der Waals surface area contributed by atoms with E-state index in [-0.39, 0.29) is 24.4 Å². The van der Waals surface area contributed by atoms with Gasteiger partial charge in [-0.25, -0.2) is 4.79 Å². The van der Waals surface area contributed by atoms with E-state index in [1.807, 2.05) is 25.7 Å². The summed E-state index contributed by atoms with van der Waals surface area (Å²) in [5, 5.41) is 0. The highest BCUT2D eigenvalue weighted by atomic mass is 16.7. The quantitative estimate of drug-likeness (QED) is 0.684. The second-order valence-corrected chi connectivity index (χ2v) is 11.1. The Bertz CT molecular complexity index is 820. The number of piperazine rings is 1. The fraction of sp³-hybridized carbons (Fsp3) is 0.708. The second-order valence-electron chi connectivity index (χ2n) is 11.1. The van der Waals surface area contributed by atoms with Crippen LogP contribution in [0.3, 0.4) is 0 Å². The highest BCUT2D eigenvalue weighted by molar-refractivity contribution is 6.62. The molecule has 3 aliphatic rings. The maximum Gasteiger partial charge on any atom is 0.495 e. The lowest BCUT2D eigenvalue weighted by molar-refractivity contribution is 0.00578. The molecule has 7 heteroatoms. The maximum atomic E-state index is 12.4. The fourth-order valence-corrected chi connectivity index (χ4v) is 4.17. The summed E-state index contributed by atoms with van der Waals surface area (Å²) >= 11 is 0. The fourth-order valence-electron chi connectivity index (χ4n) is 4.17. The van der Waals surface area contributed by atoms with Gasteiger partial charge in [-0.15, -0.1) is 0 Å². The van der Waals surface area contributed by atoms with Gasteiger partial charge in [-0.2, -0.15) is 0 Å². The maximum absolute atomic E-state index is 12.4. The van der Waals surface area contributed by atoms with Crippen LogP contribution in [0.25, 0.3) is 0 Å². The molecule has 1 amide bonds. The minimum atomic E-state index is -0.462. The lowest BCUT2D eigenvalue weighted by Gasteiger charge is -2.37. The number of benzene rings is 1. The molecule has 0 unspecified atom stereocenters. The highest BCUT2D eigenvalue weighted by Crippen LogP contribution is 2.42. The van der Waals surface area contributed by atoms with Crippen molar-refractivity contribution >= 4 is 24.4 Å². The number of amides is 1. The summed E-state index contributed by atoms with van der Waals surface area (Å²) < 4.78 is 18.2. The number of carbonyl (C=O) groups is 1. The molecule has 3 fully saturated rings. The van der Waals surface area contributed by atoms with Gasteiger partial charge in [0.1, 0.15) is 5.60 Å². The zero-order chi connectivity index (χ0) is 22.6. The first-order valence-electron chi connectivity index (χ1n) is 11.6. The van der Waals surface area contributed by atoms with Crippen molar-refractivity contribution in [3.63, 3.8) is 0 Å². The minimum Gasteiger partial charge on any atom is -0.444 e. The molecule has 1 aliphatic carbocycles. The molecule has 170 valence electrons. The van der Waals surface area contributed by atoms with E-state index in [1.165, 1.54) is 24.1 Å². The number of ether oxygens (including phenoxy) is 1. The Morgan fingerprint density at radius 3 is 2.13 bits per heavy atom. The Hall–Kier alpha value is -1.73. The van der Waals surface area contributed by atoms with Crippen molar-refractivity contribution in [3.8, 4) is 0 Å². The molecule has 1 aromatic carbocycles. The zero-order valence-corrected chi connectivity index (χ0v) is 20.2. The van der Waals surface area contributed by atoms with Gasteiger partial charge in [0.15, 0.2) is 0 Å². The third-order valence-corrected chi connectivity index (χ3v) is 6.89. The van der Waals surface area contributed by atoms with Gasteiger partial charge in [-0.1, -0.05) is 6.07 Å². The molecule has 31 heavy (non-hydrogen) atoms. The van der Waals surface area contributed by atoms with E-state index in [1.54, 1.807) is 0 Å². The molecule has 4 rings (SSSR count). The summed E-state index contributed by atoms with van der Waals surface area (Å²) in [7, 11) is -0.321. The lowest BCUT2D eigenvalue weighted by Crippen LogP contribution is -2.50. The molecule has 0 N–H and O–H groups in total. The van der Waals surface area contributed by atoms with E-state index in [4.69, 9.17) is 14.0 Å². The van der Waals surface area contributed by atoms with Crippen LogP contribution in [0.15, 0.2) is 18.2 Å². The Kier molecular flexibility index (Phi) is 5.58. The first-order valence-corrected chi connectivity index (χ1v) is 11.6. The van der Waals surface area contributed by atoms with Crippen molar-refractivity contribution in [2.75, 3.05) is 31.1 Å². The lowest BCUT2D eigenvalue weighted by atomic mass is 9.74. The molecule has 1 saturated carbocycles. The number of hydrogen-bond acceptors (Lipinski definition) is 5. The van der Waals surface area contributed by atoms with Gasteiger partial charge in [-0.05, 0) is 90.4 Å². The molecule has 0 bridgehead atoms. The first kappa shape index (κ1) is 22.5. The number of carbonyl (C=O) groups excluding carboxylic acids is 1. The molecule has 2 aliphatic heterocycles. The Morgan fingerprint density at radius 2 is 1.61 bits per heavy atom. The van der Waals surface area contributed by atoms with Gasteiger partial charge >= 0.3 is 13.2 Å². The van der Waals surface area contributed by atoms with Crippen LogP contribution in [-0.2, 0) is 14.0 Å². The Morgan fingerprint density at radius 1 is 1.03 bits per heavy atom. The zero-order valence-electron chi connectivity index (χ0n) is 20.2. The van der Waals surface area contributed by atoms with Crippen LogP contribution in [0.4, 0.5) is 10.5 Å². The summed E-state index contributed by atoms with van der Waals surface area (Å²) in [6.07, 6.45) is 2.23. The van der Waals surface area contributed by atoms with Crippen molar-refractivity contribution < 1.29 is 18.8 Å². The molecule has 0 aromatic heterocycles. The predicted molar refractivity (Wildman–Crippen MR) is 124 cm³/mol.